The molecule has 0 atom stereocenters. The summed E-state index contributed by atoms with van der Waals surface area (Å²) in [4.78, 5) is 25.5. The Morgan fingerprint density at radius 3 is 1.90 bits per heavy atom. The van der Waals surface area contributed by atoms with Gasteiger partial charge in [-0.15, -0.1) is 0 Å². The van der Waals surface area contributed by atoms with Crippen LogP contribution in [0.4, 0.5) is 0 Å². The van der Waals surface area contributed by atoms with Gasteiger partial charge in [-0.05, 0) is 23.8 Å². The van der Waals surface area contributed by atoms with E-state index in [4.69, 9.17) is 19.3 Å². The van der Waals surface area contributed by atoms with Crippen molar-refractivity contribution in [2.75, 3.05) is 39.6 Å². The van der Waals surface area contributed by atoms with Gasteiger partial charge in [0.2, 0.25) is 5.78 Å². The Labute approximate surface area is 172 Å². The van der Waals surface area contributed by atoms with Crippen molar-refractivity contribution in [1.29, 1.82) is 0 Å². The van der Waals surface area contributed by atoms with Crippen LogP contribution in [0, 0.1) is 0 Å². The maximum Gasteiger partial charge on any atom is 0.201 e. The van der Waals surface area contributed by atoms with Crippen LogP contribution in [-0.4, -0.2) is 71.6 Å². The zero-order chi connectivity index (χ0) is 21.7. The van der Waals surface area contributed by atoms with E-state index < -0.39 is 17.3 Å². The number of aliphatic hydroxyl groups is 1. The van der Waals surface area contributed by atoms with E-state index in [1.807, 2.05) is 0 Å². The number of hydrogen-bond acceptors (Lipinski definition) is 9. The van der Waals surface area contributed by atoms with Crippen molar-refractivity contribution in [3.8, 4) is 17.2 Å². The van der Waals surface area contributed by atoms with Crippen molar-refractivity contribution in [2.24, 2.45) is 0 Å². The normalized spacial score (nSPS) is 12.7. The fourth-order valence-corrected chi connectivity index (χ4v) is 3.18. The lowest BCUT2D eigenvalue weighted by Crippen LogP contribution is -2.21. The highest BCUT2D eigenvalue weighted by Gasteiger charge is 2.35. The molecule has 0 radical (unpaired) electrons. The maximum atomic E-state index is 12.8. The van der Waals surface area contributed by atoms with Gasteiger partial charge in [-0.3, -0.25) is 9.59 Å². The molecule has 2 aromatic rings. The minimum absolute atomic E-state index is 0.0200. The number of ketones is 2. The zero-order valence-electron chi connectivity index (χ0n) is 16.1. The second-order valence-electron chi connectivity index (χ2n) is 6.58. The highest BCUT2D eigenvalue weighted by atomic mass is 16.5. The monoisotopic (exact) mass is 418 g/mol. The van der Waals surface area contributed by atoms with Gasteiger partial charge in [0, 0.05) is 17.2 Å². The minimum Gasteiger partial charge on any atom is -0.508 e. The summed E-state index contributed by atoms with van der Waals surface area (Å²) < 4.78 is 15.8. The Bertz CT molecular complexity index is 952. The first kappa shape index (κ1) is 21.7. The van der Waals surface area contributed by atoms with Crippen LogP contribution in [0.15, 0.2) is 24.3 Å². The van der Waals surface area contributed by atoms with Crippen molar-refractivity contribution in [3.05, 3.63) is 52.1 Å². The number of aromatic hydroxyl groups is 3. The third kappa shape index (κ3) is 4.60. The van der Waals surface area contributed by atoms with Crippen LogP contribution in [0.2, 0.25) is 0 Å². The third-order valence-electron chi connectivity index (χ3n) is 4.47. The summed E-state index contributed by atoms with van der Waals surface area (Å²) in [5.41, 5.74) is -0.104. The molecule has 0 saturated heterocycles. The molecule has 2 aromatic carbocycles. The average molecular weight is 418 g/mol. The molecular weight excluding hydrogens is 396 g/mol. The molecule has 9 nitrogen and oxygen atoms in total. The molecule has 0 heterocycles. The molecule has 0 fully saturated rings. The summed E-state index contributed by atoms with van der Waals surface area (Å²) >= 11 is 0. The van der Waals surface area contributed by atoms with Crippen LogP contribution in [0.1, 0.15) is 37.4 Å². The summed E-state index contributed by atoms with van der Waals surface area (Å²) in [5, 5.41) is 38.5. The number of phenols is 3. The molecule has 0 bridgehead atoms. The summed E-state index contributed by atoms with van der Waals surface area (Å²) in [6.07, 6.45) is 0. The standard InChI is InChI=1S/C21H22O9/c22-1-2-28-3-4-29-5-6-30-11-12-7-14-18(16(24)8-12)21(27)19-15(20(14)26)9-13(23)10-17(19)25/h7-10,22-25H,1-6,11H2. The molecule has 160 valence electrons. The van der Waals surface area contributed by atoms with Crippen molar-refractivity contribution in [1.82, 2.24) is 0 Å². The fourth-order valence-electron chi connectivity index (χ4n) is 3.18. The van der Waals surface area contributed by atoms with E-state index in [1.165, 1.54) is 12.1 Å². The molecule has 9 heteroatoms. The number of aliphatic hydroxyl groups excluding tert-OH is 1. The van der Waals surface area contributed by atoms with E-state index >= 15 is 0 Å². The molecule has 0 amide bonds. The first-order chi connectivity index (χ1) is 14.4. The predicted octanol–water partition coefficient (Wildman–Crippen LogP) is 1.12. The van der Waals surface area contributed by atoms with Gasteiger partial charge in [-0.2, -0.15) is 0 Å². The van der Waals surface area contributed by atoms with Gasteiger partial charge >= 0.3 is 0 Å². The van der Waals surface area contributed by atoms with Gasteiger partial charge in [0.1, 0.15) is 17.2 Å². The Hall–Kier alpha value is -2.98. The molecule has 1 aliphatic rings. The lowest BCUT2D eigenvalue weighted by atomic mass is 9.82. The Kier molecular flexibility index (Phi) is 7.01. The Morgan fingerprint density at radius 2 is 1.23 bits per heavy atom. The first-order valence-corrected chi connectivity index (χ1v) is 9.29. The number of benzene rings is 2. The minimum atomic E-state index is -0.695. The molecular formula is C21H22O9. The lowest BCUT2D eigenvalue weighted by Gasteiger charge is -2.20. The summed E-state index contributed by atoms with van der Waals surface area (Å²) in [6, 6.07) is 4.86. The van der Waals surface area contributed by atoms with Crippen LogP contribution in [0.3, 0.4) is 0 Å². The van der Waals surface area contributed by atoms with E-state index in [1.54, 1.807) is 0 Å². The molecule has 4 N–H and O–H groups in total. The van der Waals surface area contributed by atoms with E-state index in [-0.39, 0.29) is 60.2 Å². The maximum absolute atomic E-state index is 12.8. The number of phenolic OH excluding ortho intramolecular Hbond substituents is 3. The van der Waals surface area contributed by atoms with Crippen molar-refractivity contribution in [3.63, 3.8) is 0 Å². The predicted molar refractivity (Wildman–Crippen MR) is 103 cm³/mol. The van der Waals surface area contributed by atoms with Crippen LogP contribution >= 0.6 is 0 Å². The number of rotatable bonds is 10. The van der Waals surface area contributed by atoms with Gasteiger partial charge in [0.05, 0.1) is 57.4 Å². The van der Waals surface area contributed by atoms with Crippen LogP contribution in [0.25, 0.3) is 0 Å². The highest BCUT2D eigenvalue weighted by molar-refractivity contribution is 6.30. The molecule has 0 aromatic heterocycles. The quantitative estimate of drug-likeness (QED) is 0.356. The molecule has 0 aliphatic heterocycles. The molecule has 3 rings (SSSR count). The summed E-state index contributed by atoms with van der Waals surface area (Å²) in [5.74, 6) is -2.54. The molecule has 0 unspecified atom stereocenters. The average Bonchev–Trinajstić information content (AvgIpc) is 2.69. The Balaban J connectivity index is 1.65. The van der Waals surface area contributed by atoms with E-state index in [0.717, 1.165) is 12.1 Å². The van der Waals surface area contributed by atoms with Crippen molar-refractivity contribution < 1.29 is 44.2 Å². The van der Waals surface area contributed by atoms with E-state index in [9.17, 15) is 24.9 Å². The summed E-state index contributed by atoms with van der Waals surface area (Å²) in [7, 11) is 0. The van der Waals surface area contributed by atoms with Gasteiger partial charge < -0.3 is 34.6 Å². The van der Waals surface area contributed by atoms with Crippen molar-refractivity contribution in [2.45, 2.75) is 6.61 Å². The van der Waals surface area contributed by atoms with Gasteiger partial charge in [0.25, 0.3) is 0 Å². The molecule has 0 spiro atoms. The van der Waals surface area contributed by atoms with Crippen LogP contribution in [0.5, 0.6) is 17.2 Å². The molecule has 0 saturated carbocycles. The topological polar surface area (TPSA) is 143 Å². The number of hydrogen-bond donors (Lipinski definition) is 4. The second kappa shape index (κ2) is 9.68. The number of carbonyl (C=O) groups excluding carboxylic acids is 2. The summed E-state index contributed by atoms with van der Waals surface area (Å²) in [6.45, 7) is 1.58. The number of ether oxygens (including phenoxy) is 3. The van der Waals surface area contributed by atoms with Crippen LogP contribution < -0.4 is 0 Å². The SMILES string of the molecule is O=C1c2cc(O)cc(O)c2C(=O)c2c(O)cc(COCCOCCOCCO)cc21. The lowest BCUT2D eigenvalue weighted by molar-refractivity contribution is 0.00448. The first-order valence-electron chi connectivity index (χ1n) is 9.29. The number of carbonyl (C=O) groups is 2. The zero-order valence-corrected chi connectivity index (χ0v) is 16.1. The second-order valence-corrected chi connectivity index (χ2v) is 6.58. The smallest absolute Gasteiger partial charge is 0.201 e. The third-order valence-corrected chi connectivity index (χ3v) is 4.47. The number of fused-ring (bicyclic) bond motifs is 2. The molecule has 1 aliphatic carbocycles. The largest absolute Gasteiger partial charge is 0.508 e. The van der Waals surface area contributed by atoms with E-state index in [2.05, 4.69) is 0 Å². The highest BCUT2D eigenvalue weighted by Crippen LogP contribution is 2.39. The van der Waals surface area contributed by atoms with E-state index in [0.29, 0.717) is 25.4 Å². The fraction of sp³-hybridized carbons (Fsp3) is 0.333. The molecule has 30 heavy (non-hydrogen) atoms. The van der Waals surface area contributed by atoms with Crippen LogP contribution in [-0.2, 0) is 20.8 Å². The van der Waals surface area contributed by atoms with Gasteiger partial charge in [0.15, 0.2) is 5.78 Å². The van der Waals surface area contributed by atoms with Gasteiger partial charge in [-0.1, -0.05) is 0 Å². The van der Waals surface area contributed by atoms with Gasteiger partial charge in [-0.25, -0.2) is 0 Å². The van der Waals surface area contributed by atoms with Crippen molar-refractivity contribution >= 4 is 11.6 Å². The Morgan fingerprint density at radius 1 is 0.667 bits per heavy atom.